The van der Waals surface area contributed by atoms with Crippen molar-refractivity contribution in [2.75, 3.05) is 24.3 Å². The van der Waals surface area contributed by atoms with Crippen molar-refractivity contribution in [2.24, 2.45) is 7.05 Å². The first-order valence-corrected chi connectivity index (χ1v) is 10.8. The quantitative estimate of drug-likeness (QED) is 0.609. The molecule has 4 rings (SSSR count). The summed E-state index contributed by atoms with van der Waals surface area (Å²) in [6, 6.07) is 13.7. The normalized spacial score (nSPS) is 13.0. The minimum Gasteiger partial charge on any atom is -0.490 e. The highest BCUT2D eigenvalue weighted by Gasteiger charge is 2.15. The predicted octanol–water partition coefficient (Wildman–Crippen LogP) is 3.61. The molecule has 2 heterocycles. The van der Waals surface area contributed by atoms with Gasteiger partial charge >= 0.3 is 0 Å². The smallest absolute Gasteiger partial charge is 0.234 e. The number of nitrogens with zero attached hydrogens (tertiary/aromatic N) is 3. The van der Waals surface area contributed by atoms with Crippen LogP contribution < -0.4 is 14.8 Å². The molecular weight excluding hydrogens is 400 g/mol. The highest BCUT2D eigenvalue weighted by molar-refractivity contribution is 7.99. The van der Waals surface area contributed by atoms with Crippen molar-refractivity contribution < 1.29 is 14.3 Å². The Morgan fingerprint density at radius 1 is 1.10 bits per heavy atom. The molecule has 1 N–H and O–H groups in total. The third-order valence-corrected chi connectivity index (χ3v) is 5.79. The van der Waals surface area contributed by atoms with Crippen molar-refractivity contribution in [3.63, 3.8) is 0 Å². The summed E-state index contributed by atoms with van der Waals surface area (Å²) in [5.74, 6) is 2.57. The maximum atomic E-state index is 12.2. The van der Waals surface area contributed by atoms with Gasteiger partial charge in [-0.1, -0.05) is 35.5 Å². The number of carbonyl (C=O) groups excluding carboxylic acids is 1. The number of aromatic nitrogens is 3. The molecule has 1 amide bonds. The Balaban J connectivity index is 1.36. The molecule has 7 nitrogen and oxygen atoms in total. The molecule has 30 heavy (non-hydrogen) atoms. The van der Waals surface area contributed by atoms with E-state index in [0.29, 0.717) is 24.8 Å². The highest BCUT2D eigenvalue weighted by atomic mass is 32.2. The number of hydrogen-bond acceptors (Lipinski definition) is 6. The van der Waals surface area contributed by atoms with Gasteiger partial charge in [-0.3, -0.25) is 4.79 Å². The molecule has 8 heteroatoms. The monoisotopic (exact) mass is 424 g/mol. The second kappa shape index (κ2) is 9.21. The van der Waals surface area contributed by atoms with Gasteiger partial charge in [0.15, 0.2) is 16.7 Å². The van der Waals surface area contributed by atoms with Gasteiger partial charge in [0.05, 0.1) is 19.0 Å². The van der Waals surface area contributed by atoms with Crippen LogP contribution in [-0.2, 0) is 18.3 Å². The fraction of sp³-hybridized carbons (Fsp3) is 0.318. The van der Waals surface area contributed by atoms with Crippen LogP contribution in [0.4, 0.5) is 5.69 Å². The van der Waals surface area contributed by atoms with Gasteiger partial charge in [0, 0.05) is 25.6 Å². The summed E-state index contributed by atoms with van der Waals surface area (Å²) < 4.78 is 13.4. The summed E-state index contributed by atoms with van der Waals surface area (Å²) in [5.41, 5.74) is 3.02. The summed E-state index contributed by atoms with van der Waals surface area (Å²) in [6.07, 6.45) is 1.50. The second-order valence-electron chi connectivity index (χ2n) is 7.17. The SMILES string of the molecule is Cc1ccc(NC(=O)CSc2nnc(Cc3ccc4c(c3)OCCCO4)n2C)cc1. The van der Waals surface area contributed by atoms with Crippen molar-refractivity contribution in [3.05, 3.63) is 59.4 Å². The molecule has 1 aliphatic rings. The number of hydrogen-bond donors (Lipinski definition) is 1. The lowest BCUT2D eigenvalue weighted by atomic mass is 10.1. The fourth-order valence-corrected chi connectivity index (χ4v) is 3.82. The van der Waals surface area contributed by atoms with Crippen LogP contribution in [0.15, 0.2) is 47.6 Å². The zero-order chi connectivity index (χ0) is 20.9. The van der Waals surface area contributed by atoms with Crippen LogP contribution in [-0.4, -0.2) is 39.6 Å². The lowest BCUT2D eigenvalue weighted by Gasteiger charge is -2.09. The number of ether oxygens (including phenoxy) is 2. The Bertz CT molecular complexity index is 1030. The number of rotatable bonds is 6. The molecule has 1 aliphatic heterocycles. The van der Waals surface area contributed by atoms with Crippen LogP contribution in [0.2, 0.25) is 0 Å². The van der Waals surface area contributed by atoms with Crippen LogP contribution in [0.1, 0.15) is 23.4 Å². The summed E-state index contributed by atoms with van der Waals surface area (Å²) in [7, 11) is 1.92. The lowest BCUT2D eigenvalue weighted by molar-refractivity contribution is -0.113. The maximum absolute atomic E-state index is 12.2. The van der Waals surface area contributed by atoms with Gasteiger partial charge < -0.3 is 19.4 Å². The fourth-order valence-electron chi connectivity index (χ4n) is 3.09. The summed E-state index contributed by atoms with van der Waals surface area (Å²) in [5, 5.41) is 12.1. The van der Waals surface area contributed by atoms with Gasteiger partial charge in [0.25, 0.3) is 0 Å². The standard InChI is InChI=1S/C22H24N4O3S/c1-15-4-7-17(8-5-15)23-21(27)14-30-22-25-24-20(26(22)2)13-16-6-9-18-19(12-16)29-11-3-10-28-18/h4-9,12H,3,10-11,13-14H2,1-2H3,(H,23,27). The molecule has 0 saturated heterocycles. The van der Waals surface area contributed by atoms with Gasteiger partial charge in [-0.25, -0.2) is 0 Å². The Morgan fingerprint density at radius 2 is 1.87 bits per heavy atom. The van der Waals surface area contributed by atoms with E-state index >= 15 is 0 Å². The molecule has 1 aromatic heterocycles. The predicted molar refractivity (Wildman–Crippen MR) is 116 cm³/mol. The Labute approximate surface area is 179 Å². The van der Waals surface area contributed by atoms with E-state index < -0.39 is 0 Å². The molecule has 2 aromatic carbocycles. The van der Waals surface area contributed by atoms with Crippen LogP contribution in [0, 0.1) is 6.92 Å². The van der Waals surface area contributed by atoms with E-state index in [0.717, 1.165) is 40.6 Å². The van der Waals surface area contributed by atoms with Gasteiger partial charge in [0.2, 0.25) is 5.91 Å². The molecule has 0 bridgehead atoms. The molecule has 0 atom stereocenters. The van der Waals surface area contributed by atoms with Gasteiger partial charge in [-0.05, 0) is 36.8 Å². The van der Waals surface area contributed by atoms with E-state index in [2.05, 4.69) is 15.5 Å². The van der Waals surface area contributed by atoms with Crippen molar-refractivity contribution in [3.8, 4) is 11.5 Å². The van der Waals surface area contributed by atoms with E-state index in [1.54, 1.807) is 0 Å². The Hall–Kier alpha value is -3.00. The summed E-state index contributed by atoms with van der Waals surface area (Å²) >= 11 is 1.37. The first-order valence-electron chi connectivity index (χ1n) is 9.84. The topological polar surface area (TPSA) is 78.3 Å². The molecule has 156 valence electrons. The van der Waals surface area contributed by atoms with Crippen molar-refractivity contribution in [2.45, 2.75) is 24.9 Å². The number of fused-ring (bicyclic) bond motifs is 1. The van der Waals surface area contributed by atoms with Gasteiger partial charge in [-0.2, -0.15) is 0 Å². The minimum absolute atomic E-state index is 0.0729. The maximum Gasteiger partial charge on any atom is 0.234 e. The van der Waals surface area contributed by atoms with Gasteiger partial charge in [0.1, 0.15) is 5.82 Å². The van der Waals surface area contributed by atoms with E-state index in [4.69, 9.17) is 9.47 Å². The van der Waals surface area contributed by atoms with Crippen LogP contribution in [0.5, 0.6) is 11.5 Å². The Morgan fingerprint density at radius 3 is 2.67 bits per heavy atom. The molecule has 0 saturated carbocycles. The molecular formula is C22H24N4O3S. The van der Waals surface area contributed by atoms with Crippen LogP contribution >= 0.6 is 11.8 Å². The number of aryl methyl sites for hydroxylation is 1. The van der Waals surface area contributed by atoms with Gasteiger partial charge in [-0.15, -0.1) is 10.2 Å². The van der Waals surface area contributed by atoms with Crippen molar-refractivity contribution >= 4 is 23.4 Å². The Kier molecular flexibility index (Phi) is 6.23. The molecule has 3 aromatic rings. The summed E-state index contributed by atoms with van der Waals surface area (Å²) in [6.45, 7) is 3.35. The molecule has 0 radical (unpaired) electrons. The minimum atomic E-state index is -0.0729. The molecule has 0 spiro atoms. The zero-order valence-corrected chi connectivity index (χ0v) is 17.9. The zero-order valence-electron chi connectivity index (χ0n) is 17.1. The van der Waals surface area contributed by atoms with E-state index in [9.17, 15) is 4.79 Å². The average molecular weight is 425 g/mol. The van der Waals surface area contributed by atoms with E-state index in [1.165, 1.54) is 11.8 Å². The van der Waals surface area contributed by atoms with Crippen LogP contribution in [0.25, 0.3) is 0 Å². The third-order valence-electron chi connectivity index (χ3n) is 4.77. The largest absolute Gasteiger partial charge is 0.490 e. The molecule has 0 aliphatic carbocycles. The third kappa shape index (κ3) is 4.94. The number of amides is 1. The average Bonchev–Trinajstić information content (AvgIpc) is 2.93. The van der Waals surface area contributed by atoms with Crippen molar-refractivity contribution in [1.82, 2.24) is 14.8 Å². The van der Waals surface area contributed by atoms with E-state index in [1.807, 2.05) is 61.0 Å². The number of carbonyl (C=O) groups is 1. The number of anilines is 1. The number of nitrogens with one attached hydrogen (secondary N) is 1. The lowest BCUT2D eigenvalue weighted by Crippen LogP contribution is -2.14. The number of thioether (sulfide) groups is 1. The van der Waals surface area contributed by atoms with Crippen LogP contribution in [0.3, 0.4) is 0 Å². The second-order valence-corrected chi connectivity index (χ2v) is 8.11. The molecule has 0 unspecified atom stereocenters. The first kappa shape index (κ1) is 20.3. The highest BCUT2D eigenvalue weighted by Crippen LogP contribution is 2.31. The first-order chi connectivity index (χ1) is 14.6. The van der Waals surface area contributed by atoms with E-state index in [-0.39, 0.29) is 11.7 Å². The van der Waals surface area contributed by atoms with Crippen molar-refractivity contribution in [1.29, 1.82) is 0 Å². The molecule has 0 fully saturated rings. The number of benzene rings is 2. The summed E-state index contributed by atoms with van der Waals surface area (Å²) in [4.78, 5) is 12.2.